The quantitative estimate of drug-likeness (QED) is 0.488. The molecular weight excluding hydrogens is 506 g/mol. The van der Waals surface area contributed by atoms with Gasteiger partial charge < -0.3 is 25.0 Å². The molecule has 3 fully saturated rings. The highest BCUT2D eigenvalue weighted by Crippen LogP contribution is 2.55. The second kappa shape index (κ2) is 10.7. The lowest BCUT2D eigenvalue weighted by Gasteiger charge is -2.34. The van der Waals surface area contributed by atoms with Crippen molar-refractivity contribution in [1.29, 1.82) is 0 Å². The number of rotatable bonds is 8. The molecule has 0 aromatic heterocycles. The summed E-state index contributed by atoms with van der Waals surface area (Å²) in [6, 6.07) is 14.4. The van der Waals surface area contributed by atoms with Gasteiger partial charge in [0, 0.05) is 18.3 Å². The first-order chi connectivity index (χ1) is 19.4. The Hall–Kier alpha value is -3.65. The molecule has 2 N–H and O–H groups in total. The Labute approximate surface area is 235 Å². The lowest BCUT2D eigenvalue weighted by Crippen LogP contribution is -2.56. The fourth-order valence-corrected chi connectivity index (χ4v) is 6.88. The van der Waals surface area contributed by atoms with Crippen LogP contribution in [0, 0.1) is 18.8 Å². The van der Waals surface area contributed by atoms with Crippen molar-refractivity contribution in [2.24, 2.45) is 11.8 Å². The van der Waals surface area contributed by atoms with E-state index in [1.165, 1.54) is 6.42 Å². The Kier molecular flexibility index (Phi) is 7.13. The van der Waals surface area contributed by atoms with E-state index < -0.39 is 29.6 Å². The zero-order valence-corrected chi connectivity index (χ0v) is 23.1. The van der Waals surface area contributed by atoms with Crippen molar-refractivity contribution >= 4 is 23.4 Å². The van der Waals surface area contributed by atoms with E-state index >= 15 is 0 Å². The number of nitrogens with zero attached hydrogens (tertiary/aromatic N) is 1. The molecule has 3 amide bonds. The minimum atomic E-state index is -1.17. The maximum Gasteiger partial charge on any atom is 0.246 e. The zero-order valence-electron chi connectivity index (χ0n) is 23.1. The summed E-state index contributed by atoms with van der Waals surface area (Å²) in [5.41, 5.74) is 1.49. The van der Waals surface area contributed by atoms with E-state index in [4.69, 9.17) is 9.47 Å². The molecule has 3 aliphatic heterocycles. The molecule has 0 radical (unpaired) electrons. The molecule has 6 rings (SSSR count). The summed E-state index contributed by atoms with van der Waals surface area (Å²) in [7, 11) is 0. The van der Waals surface area contributed by atoms with E-state index in [-0.39, 0.29) is 30.3 Å². The number of fused-ring (bicyclic) bond motifs is 1. The van der Waals surface area contributed by atoms with Crippen molar-refractivity contribution < 1.29 is 23.9 Å². The Balaban J connectivity index is 1.29. The van der Waals surface area contributed by atoms with Gasteiger partial charge in [-0.1, -0.05) is 61.2 Å². The average molecular weight is 544 g/mol. The van der Waals surface area contributed by atoms with Gasteiger partial charge in [-0.05, 0) is 56.5 Å². The van der Waals surface area contributed by atoms with Crippen molar-refractivity contribution in [3.05, 3.63) is 71.8 Å². The van der Waals surface area contributed by atoms with Crippen LogP contribution in [0.2, 0.25) is 0 Å². The summed E-state index contributed by atoms with van der Waals surface area (Å²) in [6.07, 6.45) is 8.37. The maximum absolute atomic E-state index is 14.2. The fourth-order valence-electron chi connectivity index (χ4n) is 6.88. The first-order valence-electron chi connectivity index (χ1n) is 14.5. The Bertz CT molecular complexity index is 1300. The predicted octanol–water partition coefficient (Wildman–Crippen LogP) is 4.13. The van der Waals surface area contributed by atoms with Crippen LogP contribution in [-0.4, -0.2) is 53.0 Å². The molecule has 1 saturated carbocycles. The van der Waals surface area contributed by atoms with Crippen LogP contribution < -0.4 is 15.4 Å². The summed E-state index contributed by atoms with van der Waals surface area (Å²) in [5, 5.41) is 6.21. The SMILES string of the molecule is CCOc1ccc(NC(=O)[C@H]2[C@@H]3C=C[C@]4(O3)[C@@H]2C(=O)N(Cc2ccc(C)cc2)[C@H]4C(=O)NC2CCCCC2)cc1. The largest absolute Gasteiger partial charge is 0.494 e. The normalized spacial score (nSPS) is 28.9. The standard InChI is InChI=1S/C32H37N3O5/c1-3-39-24-15-13-23(14-16-24)33-29(36)26-25-17-18-32(40-25)27(26)31(38)35(19-21-11-9-20(2)10-12-21)28(32)30(37)34-22-7-5-4-6-8-22/h9-18,22,25-28H,3-8,19H2,1-2H3,(H,33,36)(H,34,37)/t25-,26-,27-,28-,32-/m0/s1. The third kappa shape index (κ3) is 4.68. The van der Waals surface area contributed by atoms with Crippen molar-refractivity contribution in [1.82, 2.24) is 10.2 Å². The molecule has 1 spiro atoms. The first-order valence-corrected chi connectivity index (χ1v) is 14.5. The molecule has 0 unspecified atom stereocenters. The lowest BCUT2D eigenvalue weighted by molar-refractivity contribution is -0.142. The highest BCUT2D eigenvalue weighted by atomic mass is 16.5. The monoisotopic (exact) mass is 543 g/mol. The number of carbonyl (C=O) groups excluding carboxylic acids is 3. The number of carbonyl (C=O) groups is 3. The number of anilines is 1. The maximum atomic E-state index is 14.2. The van der Waals surface area contributed by atoms with Crippen molar-refractivity contribution in [2.45, 2.75) is 76.3 Å². The topological polar surface area (TPSA) is 97.0 Å². The smallest absolute Gasteiger partial charge is 0.246 e. The van der Waals surface area contributed by atoms with Gasteiger partial charge in [0.1, 0.15) is 17.4 Å². The lowest BCUT2D eigenvalue weighted by atomic mass is 9.74. The van der Waals surface area contributed by atoms with E-state index in [1.54, 1.807) is 29.2 Å². The second-order valence-corrected chi connectivity index (χ2v) is 11.4. The van der Waals surface area contributed by atoms with Gasteiger partial charge in [-0.3, -0.25) is 14.4 Å². The van der Waals surface area contributed by atoms with E-state index in [0.717, 1.165) is 42.6 Å². The fraction of sp³-hybridized carbons (Fsp3) is 0.469. The predicted molar refractivity (Wildman–Crippen MR) is 150 cm³/mol. The molecule has 3 heterocycles. The first kappa shape index (κ1) is 26.6. The number of nitrogens with one attached hydrogen (secondary N) is 2. The highest BCUT2D eigenvalue weighted by molar-refractivity contribution is 6.02. The van der Waals surface area contributed by atoms with E-state index in [9.17, 15) is 14.4 Å². The van der Waals surface area contributed by atoms with Crippen LogP contribution in [-0.2, 0) is 25.7 Å². The van der Waals surface area contributed by atoms with E-state index in [1.807, 2.05) is 50.3 Å². The number of amides is 3. The minimum Gasteiger partial charge on any atom is -0.494 e. The summed E-state index contributed by atoms with van der Waals surface area (Å²) < 4.78 is 12.0. The Morgan fingerprint density at radius 2 is 1.75 bits per heavy atom. The molecule has 5 atom stereocenters. The molecule has 2 aromatic rings. The minimum absolute atomic E-state index is 0.0920. The number of hydrogen-bond acceptors (Lipinski definition) is 5. The number of hydrogen-bond donors (Lipinski definition) is 2. The number of ether oxygens (including phenoxy) is 2. The zero-order chi connectivity index (χ0) is 27.9. The molecule has 210 valence electrons. The van der Waals surface area contributed by atoms with Crippen LogP contribution in [0.3, 0.4) is 0 Å². The molecular formula is C32H37N3O5. The molecule has 2 bridgehead atoms. The van der Waals surface area contributed by atoms with Crippen LogP contribution in [0.15, 0.2) is 60.7 Å². The Morgan fingerprint density at radius 3 is 2.45 bits per heavy atom. The van der Waals surface area contributed by atoms with Crippen molar-refractivity contribution in [3.63, 3.8) is 0 Å². The van der Waals surface area contributed by atoms with Crippen LogP contribution in [0.1, 0.15) is 50.2 Å². The van der Waals surface area contributed by atoms with Crippen LogP contribution in [0.25, 0.3) is 0 Å². The Morgan fingerprint density at radius 1 is 1.02 bits per heavy atom. The highest BCUT2D eigenvalue weighted by Gasteiger charge is 2.72. The van der Waals surface area contributed by atoms with Crippen LogP contribution in [0.4, 0.5) is 5.69 Å². The molecule has 2 aromatic carbocycles. The van der Waals surface area contributed by atoms with Gasteiger partial charge in [0.15, 0.2) is 0 Å². The van der Waals surface area contributed by atoms with Crippen molar-refractivity contribution in [2.75, 3.05) is 11.9 Å². The molecule has 8 heteroatoms. The van der Waals surface area contributed by atoms with Gasteiger partial charge in [0.05, 0.1) is 24.5 Å². The summed E-state index contributed by atoms with van der Waals surface area (Å²) >= 11 is 0. The summed E-state index contributed by atoms with van der Waals surface area (Å²) in [5.74, 6) is -1.51. The van der Waals surface area contributed by atoms with Crippen molar-refractivity contribution in [3.8, 4) is 5.75 Å². The molecule has 1 aliphatic carbocycles. The molecule has 40 heavy (non-hydrogen) atoms. The third-order valence-corrected chi connectivity index (χ3v) is 8.78. The van der Waals surface area contributed by atoms with E-state index in [2.05, 4.69) is 10.6 Å². The van der Waals surface area contributed by atoms with Gasteiger partial charge >= 0.3 is 0 Å². The van der Waals surface area contributed by atoms with Crippen LogP contribution >= 0.6 is 0 Å². The number of aryl methyl sites for hydroxylation is 1. The number of likely N-dealkylation sites (tertiary alicyclic amines) is 1. The molecule has 2 saturated heterocycles. The molecule has 4 aliphatic rings. The van der Waals surface area contributed by atoms with Gasteiger partial charge in [-0.2, -0.15) is 0 Å². The van der Waals surface area contributed by atoms with E-state index in [0.29, 0.717) is 12.3 Å². The van der Waals surface area contributed by atoms with Gasteiger partial charge in [0.2, 0.25) is 17.7 Å². The summed E-state index contributed by atoms with van der Waals surface area (Å²) in [4.78, 5) is 43.4. The second-order valence-electron chi connectivity index (χ2n) is 11.4. The third-order valence-electron chi connectivity index (χ3n) is 8.78. The van der Waals surface area contributed by atoms with Gasteiger partial charge in [0.25, 0.3) is 0 Å². The average Bonchev–Trinajstić information content (AvgIpc) is 3.59. The summed E-state index contributed by atoms with van der Waals surface area (Å²) in [6.45, 7) is 4.76. The van der Waals surface area contributed by atoms with Crippen LogP contribution in [0.5, 0.6) is 5.75 Å². The van der Waals surface area contributed by atoms with Gasteiger partial charge in [-0.25, -0.2) is 0 Å². The molecule has 8 nitrogen and oxygen atoms in total. The van der Waals surface area contributed by atoms with Gasteiger partial charge in [-0.15, -0.1) is 0 Å². The number of benzene rings is 2.